The largest absolute Gasteiger partial charge is 0.395 e. The Morgan fingerprint density at radius 1 is 1.58 bits per heavy atom. The second kappa shape index (κ2) is 5.37. The van der Waals surface area contributed by atoms with Crippen LogP contribution in [0.5, 0.6) is 0 Å². The van der Waals surface area contributed by atoms with Crippen molar-refractivity contribution in [2.45, 2.75) is 17.1 Å². The highest BCUT2D eigenvalue weighted by Crippen LogP contribution is 2.34. The van der Waals surface area contributed by atoms with Gasteiger partial charge in [0.05, 0.1) is 33.7 Å². The third-order valence-electron chi connectivity index (χ3n) is 2.50. The molecule has 0 bridgehead atoms. The molecule has 0 fully saturated rings. The zero-order chi connectivity index (χ0) is 14.0. The van der Waals surface area contributed by atoms with E-state index in [9.17, 15) is 14.9 Å². The van der Waals surface area contributed by atoms with Crippen LogP contribution < -0.4 is 5.56 Å². The SMILES string of the molecule is CC(CO)Sc1cc2nc[nH]c(=O)c2cc1[N+](=O)[O-]. The Balaban J connectivity index is 2.64. The van der Waals surface area contributed by atoms with E-state index < -0.39 is 10.5 Å². The third-order valence-corrected chi connectivity index (χ3v) is 3.64. The van der Waals surface area contributed by atoms with Crippen molar-refractivity contribution < 1.29 is 10.0 Å². The van der Waals surface area contributed by atoms with Gasteiger partial charge in [-0.1, -0.05) is 6.92 Å². The first-order chi connectivity index (χ1) is 9.02. The lowest BCUT2D eigenvalue weighted by atomic mass is 10.2. The summed E-state index contributed by atoms with van der Waals surface area (Å²) in [7, 11) is 0. The van der Waals surface area contributed by atoms with Crippen molar-refractivity contribution in [3.63, 3.8) is 0 Å². The molecule has 0 aliphatic carbocycles. The summed E-state index contributed by atoms with van der Waals surface area (Å²) in [4.78, 5) is 28.8. The molecule has 0 radical (unpaired) electrons. The maximum Gasteiger partial charge on any atom is 0.283 e. The van der Waals surface area contributed by atoms with Gasteiger partial charge in [-0.05, 0) is 6.07 Å². The fourth-order valence-corrected chi connectivity index (χ4v) is 2.52. The smallest absolute Gasteiger partial charge is 0.283 e. The molecule has 1 unspecified atom stereocenters. The number of nitro benzene ring substituents is 1. The maximum atomic E-state index is 11.6. The number of rotatable bonds is 4. The number of hydrogen-bond acceptors (Lipinski definition) is 6. The van der Waals surface area contributed by atoms with Crippen LogP contribution >= 0.6 is 11.8 Å². The molecule has 8 heteroatoms. The lowest BCUT2D eigenvalue weighted by Crippen LogP contribution is -2.08. The number of nitro groups is 1. The van der Waals surface area contributed by atoms with Crippen LogP contribution in [0, 0.1) is 10.1 Å². The average Bonchev–Trinajstić information content (AvgIpc) is 2.38. The molecule has 1 atom stereocenters. The minimum absolute atomic E-state index is 0.0946. The van der Waals surface area contributed by atoms with Crippen molar-refractivity contribution in [3.8, 4) is 0 Å². The number of thioether (sulfide) groups is 1. The van der Waals surface area contributed by atoms with E-state index in [0.717, 1.165) is 0 Å². The molecule has 2 rings (SSSR count). The Labute approximate surface area is 111 Å². The zero-order valence-electron chi connectivity index (χ0n) is 9.99. The molecule has 2 N–H and O–H groups in total. The highest BCUT2D eigenvalue weighted by Gasteiger charge is 2.19. The Morgan fingerprint density at radius 3 is 2.95 bits per heavy atom. The molecule has 100 valence electrons. The summed E-state index contributed by atoms with van der Waals surface area (Å²) < 4.78 is 0. The number of aliphatic hydroxyl groups excluding tert-OH is 1. The summed E-state index contributed by atoms with van der Waals surface area (Å²) in [5.41, 5.74) is -0.182. The third kappa shape index (κ3) is 2.74. The van der Waals surface area contributed by atoms with Crippen molar-refractivity contribution in [3.05, 3.63) is 38.9 Å². The Kier molecular flexibility index (Phi) is 3.82. The van der Waals surface area contributed by atoms with Gasteiger partial charge in [-0.3, -0.25) is 14.9 Å². The van der Waals surface area contributed by atoms with E-state index in [-0.39, 0.29) is 22.9 Å². The maximum absolute atomic E-state index is 11.6. The first-order valence-corrected chi connectivity index (χ1v) is 6.34. The Hall–Kier alpha value is -1.93. The molecule has 0 aliphatic rings. The van der Waals surface area contributed by atoms with E-state index in [2.05, 4.69) is 9.97 Å². The number of benzene rings is 1. The van der Waals surface area contributed by atoms with Gasteiger partial charge in [-0.2, -0.15) is 0 Å². The Morgan fingerprint density at radius 2 is 2.32 bits per heavy atom. The standard InChI is InChI=1S/C11H11N3O4S/c1-6(4-15)19-10-3-8-7(2-9(10)14(17)18)11(16)13-5-12-8/h2-3,5-6,15H,4H2,1H3,(H,12,13,16). The predicted octanol–water partition coefficient (Wildman–Crippen LogP) is 1.30. The van der Waals surface area contributed by atoms with Crippen LogP contribution in [0.25, 0.3) is 10.9 Å². The van der Waals surface area contributed by atoms with Gasteiger partial charge in [0.2, 0.25) is 0 Å². The van der Waals surface area contributed by atoms with Crippen molar-refractivity contribution >= 4 is 28.4 Å². The number of nitrogens with one attached hydrogen (secondary N) is 1. The van der Waals surface area contributed by atoms with E-state index in [1.165, 1.54) is 30.2 Å². The summed E-state index contributed by atoms with van der Waals surface area (Å²) in [5.74, 6) is 0. The fourth-order valence-electron chi connectivity index (χ4n) is 1.58. The van der Waals surface area contributed by atoms with Gasteiger partial charge >= 0.3 is 0 Å². The van der Waals surface area contributed by atoms with Crippen LogP contribution in [-0.4, -0.2) is 31.9 Å². The molecule has 19 heavy (non-hydrogen) atoms. The van der Waals surface area contributed by atoms with Gasteiger partial charge in [-0.25, -0.2) is 4.98 Å². The summed E-state index contributed by atoms with van der Waals surface area (Å²) in [6.45, 7) is 1.66. The average molecular weight is 281 g/mol. The lowest BCUT2D eigenvalue weighted by molar-refractivity contribution is -0.387. The van der Waals surface area contributed by atoms with Crippen LogP contribution in [0.4, 0.5) is 5.69 Å². The Bertz CT molecular complexity index is 685. The minimum Gasteiger partial charge on any atom is -0.395 e. The van der Waals surface area contributed by atoms with Gasteiger partial charge in [0.1, 0.15) is 0 Å². The zero-order valence-corrected chi connectivity index (χ0v) is 10.8. The van der Waals surface area contributed by atoms with Crippen LogP contribution in [0.15, 0.2) is 28.2 Å². The van der Waals surface area contributed by atoms with Crippen molar-refractivity contribution in [1.29, 1.82) is 0 Å². The highest BCUT2D eigenvalue weighted by molar-refractivity contribution is 8.00. The van der Waals surface area contributed by atoms with Crippen LogP contribution in [0.1, 0.15) is 6.92 Å². The van der Waals surface area contributed by atoms with E-state index in [1.807, 2.05) is 0 Å². The quantitative estimate of drug-likeness (QED) is 0.496. The minimum atomic E-state index is -0.543. The molecule has 1 aromatic heterocycles. The number of hydrogen-bond donors (Lipinski definition) is 2. The number of aromatic nitrogens is 2. The lowest BCUT2D eigenvalue weighted by Gasteiger charge is -2.08. The van der Waals surface area contributed by atoms with Gasteiger partial charge in [0, 0.05) is 11.3 Å². The molecular formula is C11H11N3O4S. The molecule has 1 heterocycles. The van der Waals surface area contributed by atoms with Gasteiger partial charge < -0.3 is 10.1 Å². The summed E-state index contributed by atoms with van der Waals surface area (Å²) in [5, 5.41) is 20.1. The normalized spacial score (nSPS) is 12.5. The molecule has 0 aliphatic heterocycles. The first kappa shape index (κ1) is 13.5. The first-order valence-electron chi connectivity index (χ1n) is 5.46. The topological polar surface area (TPSA) is 109 Å². The fraction of sp³-hybridized carbons (Fsp3) is 0.273. The molecular weight excluding hydrogens is 270 g/mol. The number of nitrogens with zero attached hydrogens (tertiary/aromatic N) is 2. The summed E-state index contributed by atoms with van der Waals surface area (Å²) in [6, 6.07) is 2.72. The van der Waals surface area contributed by atoms with Crippen molar-refractivity contribution in [2.24, 2.45) is 0 Å². The van der Waals surface area contributed by atoms with Gasteiger partial charge in [0.15, 0.2) is 0 Å². The van der Waals surface area contributed by atoms with Crippen molar-refractivity contribution in [2.75, 3.05) is 6.61 Å². The molecule has 2 aromatic rings. The molecule has 7 nitrogen and oxygen atoms in total. The molecule has 0 saturated heterocycles. The van der Waals surface area contributed by atoms with E-state index in [0.29, 0.717) is 10.4 Å². The second-order valence-electron chi connectivity index (χ2n) is 3.94. The number of aliphatic hydroxyl groups is 1. The summed E-state index contributed by atoms with van der Waals surface area (Å²) >= 11 is 1.18. The highest BCUT2D eigenvalue weighted by atomic mass is 32.2. The van der Waals surface area contributed by atoms with Crippen LogP contribution in [-0.2, 0) is 0 Å². The van der Waals surface area contributed by atoms with E-state index in [1.54, 1.807) is 6.92 Å². The number of aromatic amines is 1. The van der Waals surface area contributed by atoms with Crippen LogP contribution in [0.3, 0.4) is 0 Å². The summed E-state index contributed by atoms with van der Waals surface area (Å²) in [6.07, 6.45) is 1.25. The monoisotopic (exact) mass is 281 g/mol. The molecule has 1 aromatic carbocycles. The van der Waals surface area contributed by atoms with Crippen molar-refractivity contribution in [1.82, 2.24) is 9.97 Å². The number of fused-ring (bicyclic) bond motifs is 1. The van der Waals surface area contributed by atoms with E-state index >= 15 is 0 Å². The van der Waals surface area contributed by atoms with E-state index in [4.69, 9.17) is 5.11 Å². The van der Waals surface area contributed by atoms with Gasteiger partial charge in [-0.15, -0.1) is 11.8 Å². The van der Waals surface area contributed by atoms with Gasteiger partial charge in [0.25, 0.3) is 11.2 Å². The molecule has 0 spiro atoms. The number of H-pyrrole nitrogens is 1. The predicted molar refractivity (Wildman–Crippen MR) is 71.4 cm³/mol. The molecule has 0 saturated carbocycles. The molecule has 0 amide bonds. The second-order valence-corrected chi connectivity index (χ2v) is 5.42. The van der Waals surface area contributed by atoms with Crippen LogP contribution in [0.2, 0.25) is 0 Å².